The topological polar surface area (TPSA) is 52.7 Å². The SMILES string of the molecule is CC(C)NC(=O)N1CCC2(CC1)[C@@H](c1ccccc1)CC(=O)N2C. The van der Waals surface area contributed by atoms with Crippen LogP contribution >= 0.6 is 0 Å². The van der Waals surface area contributed by atoms with E-state index in [0.29, 0.717) is 19.5 Å². The van der Waals surface area contributed by atoms with E-state index in [4.69, 9.17) is 0 Å². The summed E-state index contributed by atoms with van der Waals surface area (Å²) in [6.45, 7) is 5.33. The predicted octanol–water partition coefficient (Wildman–Crippen LogP) is 2.58. The van der Waals surface area contributed by atoms with Crippen LogP contribution in [0.15, 0.2) is 30.3 Å². The highest BCUT2D eigenvalue weighted by atomic mass is 16.2. The number of benzene rings is 1. The van der Waals surface area contributed by atoms with Crippen molar-refractivity contribution in [2.24, 2.45) is 0 Å². The predicted molar refractivity (Wildman–Crippen MR) is 93.8 cm³/mol. The molecule has 24 heavy (non-hydrogen) atoms. The maximum Gasteiger partial charge on any atom is 0.317 e. The van der Waals surface area contributed by atoms with E-state index in [1.807, 2.05) is 48.9 Å². The number of likely N-dealkylation sites (N-methyl/N-ethyl adjacent to an activating group) is 1. The summed E-state index contributed by atoms with van der Waals surface area (Å²) in [7, 11) is 1.93. The monoisotopic (exact) mass is 329 g/mol. The van der Waals surface area contributed by atoms with E-state index in [1.165, 1.54) is 5.56 Å². The quantitative estimate of drug-likeness (QED) is 0.907. The Morgan fingerprint density at radius 3 is 2.42 bits per heavy atom. The van der Waals surface area contributed by atoms with Crippen molar-refractivity contribution in [1.29, 1.82) is 0 Å². The number of hydrogen-bond acceptors (Lipinski definition) is 2. The highest BCUT2D eigenvalue weighted by molar-refractivity contribution is 5.81. The fourth-order valence-electron chi connectivity index (χ4n) is 4.22. The zero-order valence-corrected chi connectivity index (χ0v) is 14.8. The van der Waals surface area contributed by atoms with E-state index in [9.17, 15) is 9.59 Å². The molecule has 1 aromatic carbocycles. The molecule has 1 N–H and O–H groups in total. The Kier molecular flexibility index (Phi) is 4.52. The van der Waals surface area contributed by atoms with Gasteiger partial charge in [0.25, 0.3) is 0 Å². The molecule has 1 spiro atoms. The van der Waals surface area contributed by atoms with Gasteiger partial charge in [-0.2, -0.15) is 0 Å². The summed E-state index contributed by atoms with van der Waals surface area (Å²) in [4.78, 5) is 28.5. The zero-order valence-electron chi connectivity index (χ0n) is 14.8. The molecular formula is C19H27N3O2. The molecular weight excluding hydrogens is 302 g/mol. The van der Waals surface area contributed by atoms with Crippen molar-refractivity contribution in [2.45, 2.75) is 50.6 Å². The van der Waals surface area contributed by atoms with Gasteiger partial charge in [0.15, 0.2) is 0 Å². The summed E-state index contributed by atoms with van der Waals surface area (Å²) in [5, 5.41) is 2.96. The van der Waals surface area contributed by atoms with Crippen molar-refractivity contribution in [1.82, 2.24) is 15.1 Å². The number of nitrogens with one attached hydrogen (secondary N) is 1. The van der Waals surface area contributed by atoms with Gasteiger partial charge in [0.1, 0.15) is 0 Å². The summed E-state index contributed by atoms with van der Waals surface area (Å²) >= 11 is 0. The molecule has 2 fully saturated rings. The summed E-state index contributed by atoms with van der Waals surface area (Å²) in [6.07, 6.45) is 2.24. The Hall–Kier alpha value is -2.04. The first-order chi connectivity index (χ1) is 11.4. The van der Waals surface area contributed by atoms with E-state index in [-0.39, 0.29) is 29.4 Å². The van der Waals surface area contributed by atoms with Crippen LogP contribution in [0.5, 0.6) is 0 Å². The molecule has 3 rings (SSSR count). The number of likely N-dealkylation sites (tertiary alicyclic amines) is 2. The molecule has 1 aromatic rings. The molecule has 2 saturated heterocycles. The Bertz CT molecular complexity index is 606. The number of rotatable bonds is 2. The molecule has 2 heterocycles. The van der Waals surface area contributed by atoms with Crippen LogP contribution < -0.4 is 5.32 Å². The molecule has 2 aliphatic heterocycles. The molecule has 0 saturated carbocycles. The lowest BCUT2D eigenvalue weighted by atomic mass is 9.74. The van der Waals surface area contributed by atoms with Crippen LogP contribution in [-0.4, -0.2) is 53.5 Å². The molecule has 2 aliphatic rings. The summed E-state index contributed by atoms with van der Waals surface area (Å²) in [6, 6.07) is 10.5. The van der Waals surface area contributed by atoms with Gasteiger partial charge in [-0.15, -0.1) is 0 Å². The average molecular weight is 329 g/mol. The lowest BCUT2D eigenvalue weighted by molar-refractivity contribution is -0.130. The van der Waals surface area contributed by atoms with Gasteiger partial charge in [-0.1, -0.05) is 30.3 Å². The van der Waals surface area contributed by atoms with Crippen molar-refractivity contribution in [3.63, 3.8) is 0 Å². The van der Waals surface area contributed by atoms with Crippen LogP contribution in [0.25, 0.3) is 0 Å². The van der Waals surface area contributed by atoms with Gasteiger partial charge in [0, 0.05) is 38.5 Å². The second-order valence-corrected chi connectivity index (χ2v) is 7.31. The third kappa shape index (κ3) is 2.87. The van der Waals surface area contributed by atoms with Crippen molar-refractivity contribution < 1.29 is 9.59 Å². The Morgan fingerprint density at radius 2 is 1.83 bits per heavy atom. The van der Waals surface area contributed by atoms with Crippen molar-refractivity contribution in [2.75, 3.05) is 20.1 Å². The van der Waals surface area contributed by atoms with Gasteiger partial charge >= 0.3 is 6.03 Å². The first-order valence-corrected chi connectivity index (χ1v) is 8.81. The van der Waals surface area contributed by atoms with Gasteiger partial charge in [-0.3, -0.25) is 4.79 Å². The minimum Gasteiger partial charge on any atom is -0.339 e. The van der Waals surface area contributed by atoms with E-state index in [1.54, 1.807) is 0 Å². The third-order valence-corrected chi connectivity index (χ3v) is 5.60. The number of piperidine rings is 1. The summed E-state index contributed by atoms with van der Waals surface area (Å²) in [5.74, 6) is 0.426. The first-order valence-electron chi connectivity index (χ1n) is 8.81. The molecule has 3 amide bonds. The normalized spacial score (nSPS) is 23.2. The van der Waals surface area contributed by atoms with Gasteiger partial charge in [0.05, 0.1) is 5.54 Å². The molecule has 130 valence electrons. The Balaban J connectivity index is 1.79. The molecule has 0 radical (unpaired) electrons. The number of amides is 3. The second-order valence-electron chi connectivity index (χ2n) is 7.31. The van der Waals surface area contributed by atoms with Gasteiger partial charge in [-0.25, -0.2) is 4.79 Å². The van der Waals surface area contributed by atoms with Crippen molar-refractivity contribution >= 4 is 11.9 Å². The van der Waals surface area contributed by atoms with E-state index >= 15 is 0 Å². The van der Waals surface area contributed by atoms with Crippen LogP contribution in [0.3, 0.4) is 0 Å². The summed E-state index contributed by atoms with van der Waals surface area (Å²) in [5.41, 5.74) is 1.07. The molecule has 5 heteroatoms. The molecule has 1 atom stereocenters. The van der Waals surface area contributed by atoms with Crippen LogP contribution in [-0.2, 0) is 4.79 Å². The number of carbonyl (C=O) groups excluding carboxylic acids is 2. The second kappa shape index (κ2) is 6.46. The summed E-state index contributed by atoms with van der Waals surface area (Å²) < 4.78 is 0. The lowest BCUT2D eigenvalue weighted by Gasteiger charge is -2.46. The fourth-order valence-corrected chi connectivity index (χ4v) is 4.22. The standard InChI is InChI=1S/C19H27N3O2/c1-14(2)20-18(24)22-11-9-19(10-12-22)16(13-17(23)21(19)3)15-7-5-4-6-8-15/h4-8,14,16H,9-13H2,1-3H3,(H,20,24)/t16-/m1/s1. The highest BCUT2D eigenvalue weighted by Gasteiger charge is 2.52. The average Bonchev–Trinajstić information content (AvgIpc) is 2.81. The van der Waals surface area contributed by atoms with Gasteiger partial charge in [-0.05, 0) is 32.3 Å². The number of urea groups is 1. The largest absolute Gasteiger partial charge is 0.339 e. The van der Waals surface area contributed by atoms with Crippen LogP contribution in [0.1, 0.15) is 44.6 Å². The van der Waals surface area contributed by atoms with Crippen LogP contribution in [0.4, 0.5) is 4.79 Å². The maximum atomic E-state index is 12.4. The van der Waals surface area contributed by atoms with Gasteiger partial charge in [0.2, 0.25) is 5.91 Å². The molecule has 0 unspecified atom stereocenters. The fraction of sp³-hybridized carbons (Fsp3) is 0.579. The molecule has 0 aromatic heterocycles. The van der Waals surface area contributed by atoms with E-state index in [0.717, 1.165) is 12.8 Å². The zero-order chi connectivity index (χ0) is 17.3. The minimum atomic E-state index is -0.160. The number of carbonyl (C=O) groups is 2. The number of hydrogen-bond donors (Lipinski definition) is 1. The highest BCUT2D eigenvalue weighted by Crippen LogP contribution is 2.48. The molecule has 0 bridgehead atoms. The third-order valence-electron chi connectivity index (χ3n) is 5.60. The van der Waals surface area contributed by atoms with Crippen molar-refractivity contribution in [3.05, 3.63) is 35.9 Å². The maximum absolute atomic E-state index is 12.4. The first kappa shape index (κ1) is 16.8. The van der Waals surface area contributed by atoms with E-state index in [2.05, 4.69) is 17.4 Å². The van der Waals surface area contributed by atoms with Crippen LogP contribution in [0.2, 0.25) is 0 Å². The smallest absolute Gasteiger partial charge is 0.317 e. The van der Waals surface area contributed by atoms with Gasteiger partial charge < -0.3 is 15.1 Å². The van der Waals surface area contributed by atoms with E-state index < -0.39 is 0 Å². The molecule has 5 nitrogen and oxygen atoms in total. The van der Waals surface area contributed by atoms with Crippen LogP contribution in [0, 0.1) is 0 Å². The number of nitrogens with zero attached hydrogens (tertiary/aromatic N) is 2. The minimum absolute atomic E-state index is 0.00286. The van der Waals surface area contributed by atoms with Crippen molar-refractivity contribution in [3.8, 4) is 0 Å². The Labute approximate surface area is 144 Å². The Morgan fingerprint density at radius 1 is 1.21 bits per heavy atom. The molecule has 0 aliphatic carbocycles. The lowest BCUT2D eigenvalue weighted by Crippen LogP contribution is -2.56.